The van der Waals surface area contributed by atoms with Crippen LogP contribution in [0.2, 0.25) is 0 Å². The molecule has 0 saturated heterocycles. The topological polar surface area (TPSA) is 42.4 Å². The van der Waals surface area contributed by atoms with Gasteiger partial charge in [0.05, 0.1) is 5.69 Å². The lowest BCUT2D eigenvalue weighted by atomic mass is 9.89. The number of ether oxygens (including phenoxy) is 1. The lowest BCUT2D eigenvalue weighted by Gasteiger charge is -2.32. The molecular formula is C24H33F2NO2. The molecule has 0 unspecified atom stereocenters. The van der Waals surface area contributed by atoms with E-state index in [2.05, 4.69) is 4.98 Å². The smallest absolute Gasteiger partial charge is 0.151 e. The molecule has 0 fully saturated rings. The third-order valence-electron chi connectivity index (χ3n) is 4.90. The molecule has 1 heterocycles. The molecule has 1 N–H and O–H groups in total. The van der Waals surface area contributed by atoms with E-state index in [-0.39, 0.29) is 23.2 Å². The largest absolute Gasteiger partial charge is 0.481 e. The normalized spacial score (nSPS) is 13.1. The van der Waals surface area contributed by atoms with Crippen LogP contribution in [0, 0.1) is 11.6 Å². The first-order valence-electron chi connectivity index (χ1n) is 9.97. The van der Waals surface area contributed by atoms with Crippen LogP contribution in [0.15, 0.2) is 24.3 Å². The van der Waals surface area contributed by atoms with E-state index in [9.17, 15) is 13.9 Å². The monoisotopic (exact) mass is 405 g/mol. The molecule has 0 aliphatic rings. The Kier molecular flexibility index (Phi) is 6.16. The number of pyridine rings is 1. The fourth-order valence-electron chi connectivity index (χ4n) is 3.21. The van der Waals surface area contributed by atoms with Crippen LogP contribution < -0.4 is 4.74 Å². The Hall–Kier alpha value is -2.01. The summed E-state index contributed by atoms with van der Waals surface area (Å²) in [6, 6.07) is 6.24. The second-order valence-corrected chi connectivity index (χ2v) is 9.98. The maximum Gasteiger partial charge on any atom is 0.151 e. The molecule has 29 heavy (non-hydrogen) atoms. The molecule has 1 aromatic carbocycles. The van der Waals surface area contributed by atoms with E-state index >= 15 is 0 Å². The van der Waals surface area contributed by atoms with Crippen molar-refractivity contribution in [2.45, 2.75) is 84.8 Å². The number of nitrogens with zero attached hydrogens (tertiary/aromatic N) is 1. The number of benzene rings is 1. The van der Waals surface area contributed by atoms with Gasteiger partial charge in [0.25, 0.3) is 0 Å². The lowest BCUT2D eigenvalue weighted by Crippen LogP contribution is -2.30. The standard InChI is InChI=1S/C24H33F2NO2/c1-14(2)15-10-11-17(25)16(12-15)24(8,9)29-19-13-18(26)20(23(6,7)28)27-21(19)22(3,4)5/h10-14,28H,1-9H3. The van der Waals surface area contributed by atoms with Gasteiger partial charge in [-0.15, -0.1) is 0 Å². The average molecular weight is 406 g/mol. The van der Waals surface area contributed by atoms with E-state index in [0.29, 0.717) is 11.3 Å². The summed E-state index contributed by atoms with van der Waals surface area (Å²) in [6.07, 6.45) is 0. The zero-order chi connectivity index (χ0) is 22.4. The van der Waals surface area contributed by atoms with Crippen molar-refractivity contribution in [3.63, 3.8) is 0 Å². The number of aromatic nitrogens is 1. The van der Waals surface area contributed by atoms with Crippen molar-refractivity contribution in [3.8, 4) is 5.75 Å². The third-order valence-corrected chi connectivity index (χ3v) is 4.90. The van der Waals surface area contributed by atoms with Crippen molar-refractivity contribution in [3.05, 3.63) is 58.4 Å². The molecule has 1 aromatic heterocycles. The summed E-state index contributed by atoms with van der Waals surface area (Å²) < 4.78 is 35.6. The average Bonchev–Trinajstić information content (AvgIpc) is 2.51. The predicted molar refractivity (Wildman–Crippen MR) is 112 cm³/mol. The molecule has 0 bridgehead atoms. The SMILES string of the molecule is CC(C)c1ccc(F)c(C(C)(C)Oc2cc(F)c(C(C)(C)O)nc2C(C)(C)C)c1. The Morgan fingerprint density at radius 2 is 1.48 bits per heavy atom. The van der Waals surface area contributed by atoms with E-state index in [4.69, 9.17) is 4.74 Å². The fraction of sp³-hybridized carbons (Fsp3) is 0.542. The molecule has 5 heteroatoms. The Balaban J connectivity index is 2.61. The highest BCUT2D eigenvalue weighted by atomic mass is 19.1. The molecular weight excluding hydrogens is 372 g/mol. The van der Waals surface area contributed by atoms with Crippen LogP contribution in [0.1, 0.15) is 90.7 Å². The minimum atomic E-state index is -1.43. The first-order chi connectivity index (χ1) is 13.0. The third kappa shape index (κ3) is 5.13. The van der Waals surface area contributed by atoms with Gasteiger partial charge in [-0.05, 0) is 51.3 Å². The lowest BCUT2D eigenvalue weighted by molar-refractivity contribution is 0.0673. The molecule has 0 aliphatic heterocycles. The summed E-state index contributed by atoms with van der Waals surface area (Å²) in [5, 5.41) is 10.3. The van der Waals surface area contributed by atoms with E-state index in [0.717, 1.165) is 5.56 Å². The maximum atomic E-state index is 14.8. The van der Waals surface area contributed by atoms with Crippen LogP contribution in [0.3, 0.4) is 0 Å². The van der Waals surface area contributed by atoms with Crippen LogP contribution >= 0.6 is 0 Å². The Bertz CT molecular complexity index is 891. The van der Waals surface area contributed by atoms with Gasteiger partial charge in [-0.2, -0.15) is 0 Å². The van der Waals surface area contributed by atoms with Gasteiger partial charge in [0, 0.05) is 17.0 Å². The van der Waals surface area contributed by atoms with E-state index < -0.39 is 22.4 Å². The number of hydrogen-bond acceptors (Lipinski definition) is 3. The molecule has 0 atom stereocenters. The molecule has 3 nitrogen and oxygen atoms in total. The highest BCUT2D eigenvalue weighted by Gasteiger charge is 2.33. The summed E-state index contributed by atoms with van der Waals surface area (Å²) in [5.74, 6) is -0.561. The predicted octanol–water partition coefficient (Wildman–Crippen LogP) is 6.32. The quantitative estimate of drug-likeness (QED) is 0.633. The Morgan fingerprint density at radius 3 is 1.97 bits per heavy atom. The number of rotatable bonds is 5. The van der Waals surface area contributed by atoms with Crippen LogP contribution in [-0.4, -0.2) is 10.1 Å². The van der Waals surface area contributed by atoms with E-state index in [1.807, 2.05) is 34.6 Å². The van der Waals surface area contributed by atoms with E-state index in [1.54, 1.807) is 26.0 Å². The van der Waals surface area contributed by atoms with Crippen molar-refractivity contribution < 1.29 is 18.6 Å². The van der Waals surface area contributed by atoms with Crippen molar-refractivity contribution >= 4 is 0 Å². The molecule has 2 rings (SSSR count). The molecule has 0 saturated carbocycles. The number of aliphatic hydroxyl groups is 1. The summed E-state index contributed by atoms with van der Waals surface area (Å²) in [7, 11) is 0. The Morgan fingerprint density at radius 1 is 0.897 bits per heavy atom. The number of halogens is 2. The van der Waals surface area contributed by atoms with Crippen LogP contribution in [0.25, 0.3) is 0 Å². The fourth-order valence-corrected chi connectivity index (χ4v) is 3.21. The van der Waals surface area contributed by atoms with Crippen LogP contribution in [0.4, 0.5) is 8.78 Å². The first-order valence-corrected chi connectivity index (χ1v) is 9.97. The van der Waals surface area contributed by atoms with Gasteiger partial charge < -0.3 is 9.84 Å². The summed E-state index contributed by atoms with van der Waals surface area (Å²) in [6.45, 7) is 16.4. The first kappa shape index (κ1) is 23.3. The van der Waals surface area contributed by atoms with Crippen molar-refractivity contribution in [2.24, 2.45) is 0 Å². The summed E-state index contributed by atoms with van der Waals surface area (Å²) >= 11 is 0. The highest BCUT2D eigenvalue weighted by molar-refractivity contribution is 5.39. The molecule has 2 aromatic rings. The van der Waals surface area contributed by atoms with Gasteiger partial charge in [-0.3, -0.25) is 0 Å². The second kappa shape index (κ2) is 7.67. The van der Waals surface area contributed by atoms with Gasteiger partial charge in [-0.25, -0.2) is 13.8 Å². The van der Waals surface area contributed by atoms with Gasteiger partial charge >= 0.3 is 0 Å². The number of hydrogen-bond donors (Lipinski definition) is 1. The summed E-state index contributed by atoms with van der Waals surface area (Å²) in [4.78, 5) is 4.42. The van der Waals surface area contributed by atoms with Crippen molar-refractivity contribution in [1.82, 2.24) is 4.98 Å². The van der Waals surface area contributed by atoms with Gasteiger partial charge in [-0.1, -0.05) is 40.7 Å². The van der Waals surface area contributed by atoms with Crippen LogP contribution in [-0.2, 0) is 16.6 Å². The molecule has 0 amide bonds. The minimum absolute atomic E-state index is 0.0411. The van der Waals surface area contributed by atoms with Gasteiger partial charge in [0.15, 0.2) is 5.82 Å². The van der Waals surface area contributed by atoms with Gasteiger partial charge in [0.1, 0.15) is 28.5 Å². The highest BCUT2D eigenvalue weighted by Crippen LogP contribution is 2.38. The molecule has 0 spiro atoms. The second-order valence-electron chi connectivity index (χ2n) is 9.98. The Labute approximate surface area is 173 Å². The van der Waals surface area contributed by atoms with Crippen LogP contribution in [0.5, 0.6) is 5.75 Å². The molecule has 160 valence electrons. The zero-order valence-corrected chi connectivity index (χ0v) is 18.9. The summed E-state index contributed by atoms with van der Waals surface area (Å²) in [5.41, 5.74) is -1.11. The van der Waals surface area contributed by atoms with E-state index in [1.165, 1.54) is 26.0 Å². The van der Waals surface area contributed by atoms with Crippen molar-refractivity contribution in [1.29, 1.82) is 0 Å². The van der Waals surface area contributed by atoms with Gasteiger partial charge in [0.2, 0.25) is 0 Å². The molecule has 0 radical (unpaired) electrons. The molecule has 0 aliphatic carbocycles. The maximum absolute atomic E-state index is 14.8. The van der Waals surface area contributed by atoms with Crippen molar-refractivity contribution in [2.75, 3.05) is 0 Å². The minimum Gasteiger partial charge on any atom is -0.481 e. The zero-order valence-electron chi connectivity index (χ0n) is 18.9.